The first-order valence-electron chi connectivity index (χ1n) is 4.23. The van der Waals surface area contributed by atoms with Crippen LogP contribution in [0, 0.1) is 5.95 Å². The maximum absolute atomic E-state index is 13.4. The molecule has 1 radical (unpaired) electrons. The second kappa shape index (κ2) is 5.19. The highest BCUT2D eigenvalue weighted by Crippen LogP contribution is 2.17. The van der Waals surface area contributed by atoms with Crippen molar-refractivity contribution in [3.63, 3.8) is 0 Å². The van der Waals surface area contributed by atoms with Crippen LogP contribution in [0.15, 0.2) is 31.3 Å². The molecule has 0 aromatic carbocycles. The Bertz CT molecular complexity index is 385. The minimum Gasteiger partial charge on any atom is -0.285 e. The van der Waals surface area contributed by atoms with Gasteiger partial charge in [0.2, 0.25) is 12.2 Å². The fraction of sp³-hybridized carbons (Fsp3) is 0.200. The molecule has 0 spiro atoms. The van der Waals surface area contributed by atoms with Crippen molar-refractivity contribution in [2.45, 2.75) is 12.5 Å². The summed E-state index contributed by atoms with van der Waals surface area (Å²) in [6, 6.07) is -0.616. The van der Waals surface area contributed by atoms with Crippen LogP contribution in [0.2, 0.25) is 0 Å². The Hall–Kier alpha value is -1.78. The van der Waals surface area contributed by atoms with Gasteiger partial charge in [-0.2, -0.15) is 9.49 Å². The lowest BCUT2D eigenvalue weighted by atomic mass is 10.2. The van der Waals surface area contributed by atoms with Gasteiger partial charge >= 0.3 is 0 Å². The van der Waals surface area contributed by atoms with Gasteiger partial charge in [-0.05, 0) is 12.5 Å². The normalized spacial score (nSPS) is 12.9. The molecule has 1 heterocycles. The van der Waals surface area contributed by atoms with Crippen LogP contribution in [-0.4, -0.2) is 16.1 Å². The third-order valence-electron chi connectivity index (χ3n) is 1.86. The van der Waals surface area contributed by atoms with Gasteiger partial charge < -0.3 is 0 Å². The minimum absolute atomic E-state index is 0.267. The summed E-state index contributed by atoms with van der Waals surface area (Å²) in [7, 11) is 0. The molecule has 0 N–H and O–H groups in total. The molecule has 1 aromatic rings. The fourth-order valence-corrected chi connectivity index (χ4v) is 1.16. The van der Waals surface area contributed by atoms with Crippen LogP contribution >= 0.6 is 0 Å². The van der Waals surface area contributed by atoms with Gasteiger partial charge in [-0.1, -0.05) is 6.08 Å². The highest BCUT2D eigenvalue weighted by molar-refractivity contribution is 5.74. The minimum atomic E-state index is -0.824. The molecule has 79 valence electrons. The highest BCUT2D eigenvalue weighted by atomic mass is 19.1. The molecule has 1 rings (SSSR count). The number of carbonyl (C=O) groups excluding carboxylic acids is 1. The average Bonchev–Trinajstić information content (AvgIpc) is 2.59. The van der Waals surface area contributed by atoms with E-state index in [1.54, 1.807) is 0 Å². The van der Waals surface area contributed by atoms with Crippen molar-refractivity contribution in [3.8, 4) is 0 Å². The third kappa shape index (κ3) is 2.37. The average molecular weight is 211 g/mol. The zero-order valence-electron chi connectivity index (χ0n) is 7.86. The summed E-state index contributed by atoms with van der Waals surface area (Å²) < 4.78 is 26.3. The smallest absolute Gasteiger partial charge is 0.239 e. The van der Waals surface area contributed by atoms with Gasteiger partial charge in [0.25, 0.3) is 0 Å². The zero-order chi connectivity index (χ0) is 11.3. The predicted molar refractivity (Wildman–Crippen MR) is 51.1 cm³/mol. The largest absolute Gasteiger partial charge is 0.285 e. The van der Waals surface area contributed by atoms with Crippen molar-refractivity contribution in [2.24, 2.45) is 0 Å². The molecule has 0 saturated carbocycles. The zero-order valence-corrected chi connectivity index (χ0v) is 7.86. The van der Waals surface area contributed by atoms with Crippen molar-refractivity contribution in [1.29, 1.82) is 0 Å². The summed E-state index contributed by atoms with van der Waals surface area (Å²) >= 11 is 0. The third-order valence-corrected chi connectivity index (χ3v) is 1.86. The van der Waals surface area contributed by atoms with Crippen LogP contribution in [-0.2, 0) is 4.79 Å². The SMILES string of the molecule is C=CCC(C=CF)n1ncc([C]=O)c1F. The summed E-state index contributed by atoms with van der Waals surface area (Å²) in [6.07, 6.45) is 5.71. The predicted octanol–water partition coefficient (Wildman–Crippen LogP) is 2.08. The van der Waals surface area contributed by atoms with E-state index in [1.165, 1.54) is 12.4 Å². The maximum Gasteiger partial charge on any atom is 0.239 e. The summed E-state index contributed by atoms with van der Waals surface area (Å²) in [5, 5.41) is 3.64. The molecule has 0 aliphatic rings. The van der Waals surface area contributed by atoms with Crippen molar-refractivity contribution in [1.82, 2.24) is 9.78 Å². The number of aromatic nitrogens is 2. The van der Waals surface area contributed by atoms with E-state index in [2.05, 4.69) is 11.7 Å². The van der Waals surface area contributed by atoms with E-state index in [-0.39, 0.29) is 5.56 Å². The Labute approximate surface area is 85.7 Å². The summed E-state index contributed by atoms with van der Waals surface area (Å²) in [4.78, 5) is 10.2. The van der Waals surface area contributed by atoms with Crippen molar-refractivity contribution in [2.75, 3.05) is 0 Å². The number of halogens is 2. The van der Waals surface area contributed by atoms with E-state index < -0.39 is 12.0 Å². The van der Waals surface area contributed by atoms with Crippen LogP contribution in [0.4, 0.5) is 8.78 Å². The first kappa shape index (κ1) is 11.3. The lowest BCUT2D eigenvalue weighted by molar-refractivity contribution is 0.419. The quantitative estimate of drug-likeness (QED) is 0.699. The van der Waals surface area contributed by atoms with Crippen LogP contribution in [0.5, 0.6) is 0 Å². The summed E-state index contributed by atoms with van der Waals surface area (Å²) in [5.41, 5.74) is -0.267. The first-order chi connectivity index (χ1) is 7.24. The number of allylic oxidation sites excluding steroid dienone is 2. The van der Waals surface area contributed by atoms with Crippen molar-refractivity contribution >= 4 is 6.29 Å². The molecule has 1 atom stereocenters. The monoisotopic (exact) mass is 211 g/mol. The van der Waals surface area contributed by atoms with Gasteiger partial charge in [0.05, 0.1) is 18.6 Å². The molecule has 0 saturated heterocycles. The molecule has 0 aliphatic heterocycles. The van der Waals surface area contributed by atoms with Crippen LogP contribution in [0.1, 0.15) is 18.0 Å². The summed E-state index contributed by atoms with van der Waals surface area (Å²) in [6.45, 7) is 3.47. The van der Waals surface area contributed by atoms with E-state index >= 15 is 0 Å². The molecule has 15 heavy (non-hydrogen) atoms. The van der Waals surface area contributed by atoms with Crippen molar-refractivity contribution in [3.05, 3.63) is 42.8 Å². The van der Waals surface area contributed by atoms with Gasteiger partial charge in [-0.25, -0.2) is 9.07 Å². The Kier molecular flexibility index (Phi) is 3.91. The Balaban J connectivity index is 3.04. The van der Waals surface area contributed by atoms with E-state index in [0.717, 1.165) is 17.0 Å². The number of hydrogen-bond donors (Lipinski definition) is 0. The van der Waals surface area contributed by atoms with Crippen LogP contribution in [0.3, 0.4) is 0 Å². The molecule has 0 aliphatic carbocycles. The standard InChI is InChI=1S/C10H9F2N2O/c1-2-3-9(4-5-11)14-10(12)8(7-15)6-13-14/h2,4-6,9H,1,3H2. The lowest BCUT2D eigenvalue weighted by Gasteiger charge is -2.10. The number of nitrogens with zero attached hydrogens (tertiary/aromatic N) is 2. The van der Waals surface area contributed by atoms with E-state index in [1.807, 2.05) is 0 Å². The Morgan fingerprint density at radius 3 is 2.93 bits per heavy atom. The molecule has 1 aromatic heterocycles. The van der Waals surface area contributed by atoms with E-state index in [9.17, 15) is 13.6 Å². The topological polar surface area (TPSA) is 34.9 Å². The molecule has 3 nitrogen and oxygen atoms in total. The Morgan fingerprint density at radius 1 is 1.73 bits per heavy atom. The first-order valence-corrected chi connectivity index (χ1v) is 4.23. The lowest BCUT2D eigenvalue weighted by Crippen LogP contribution is -2.10. The molecule has 5 heteroatoms. The van der Waals surface area contributed by atoms with E-state index in [4.69, 9.17) is 0 Å². The molecule has 0 amide bonds. The van der Waals surface area contributed by atoms with Gasteiger partial charge in [-0.3, -0.25) is 4.79 Å². The van der Waals surface area contributed by atoms with Gasteiger partial charge in [0, 0.05) is 0 Å². The fourth-order valence-electron chi connectivity index (χ4n) is 1.16. The van der Waals surface area contributed by atoms with Gasteiger partial charge in [0.15, 0.2) is 0 Å². The van der Waals surface area contributed by atoms with Crippen LogP contribution < -0.4 is 0 Å². The maximum atomic E-state index is 13.4. The second-order valence-electron chi connectivity index (χ2n) is 2.81. The molecule has 0 fully saturated rings. The molecular formula is C10H9F2N2O. The molecule has 0 bridgehead atoms. The van der Waals surface area contributed by atoms with Crippen molar-refractivity contribution < 1.29 is 13.6 Å². The van der Waals surface area contributed by atoms with E-state index in [0.29, 0.717) is 12.8 Å². The van der Waals surface area contributed by atoms with Crippen LogP contribution in [0.25, 0.3) is 0 Å². The van der Waals surface area contributed by atoms with Gasteiger partial charge in [0.1, 0.15) is 5.56 Å². The summed E-state index contributed by atoms with van der Waals surface area (Å²) in [5.74, 6) is -0.824. The number of hydrogen-bond acceptors (Lipinski definition) is 2. The van der Waals surface area contributed by atoms with Gasteiger partial charge in [-0.15, -0.1) is 6.58 Å². The second-order valence-corrected chi connectivity index (χ2v) is 2.81. The highest BCUT2D eigenvalue weighted by Gasteiger charge is 2.15. The number of rotatable bonds is 5. The Morgan fingerprint density at radius 2 is 2.47 bits per heavy atom. The molecular weight excluding hydrogens is 202 g/mol. The molecule has 1 unspecified atom stereocenters.